The second-order valence-electron chi connectivity index (χ2n) is 8.76. The number of benzene rings is 2. The van der Waals surface area contributed by atoms with Gasteiger partial charge in [-0.05, 0) is 27.0 Å². The molecule has 0 fully saturated rings. The fourth-order valence-electron chi connectivity index (χ4n) is 4.06. The van der Waals surface area contributed by atoms with Crippen LogP contribution < -0.4 is 10.4 Å². The van der Waals surface area contributed by atoms with E-state index in [0.29, 0.717) is 12.4 Å². The summed E-state index contributed by atoms with van der Waals surface area (Å²) in [4.78, 5) is 16.0. The van der Waals surface area contributed by atoms with E-state index in [1.165, 1.54) is 22.1 Å². The quantitative estimate of drug-likeness (QED) is 0.453. The molecule has 0 saturated heterocycles. The van der Waals surface area contributed by atoms with Crippen molar-refractivity contribution in [2.45, 2.75) is 38.7 Å². The van der Waals surface area contributed by atoms with Crippen LogP contribution >= 0.6 is 11.8 Å². The third-order valence-corrected chi connectivity index (χ3v) is 11.5. The van der Waals surface area contributed by atoms with Crippen molar-refractivity contribution in [2.24, 2.45) is 0 Å². The highest BCUT2D eigenvalue weighted by atomic mass is 32.2. The number of aromatic nitrogens is 1. The lowest BCUT2D eigenvalue weighted by Crippen LogP contribution is -2.66. The Morgan fingerprint density at radius 2 is 1.55 bits per heavy atom. The second kappa shape index (κ2) is 10.4. The van der Waals surface area contributed by atoms with Gasteiger partial charge in [0.15, 0.2) is 5.12 Å². The highest BCUT2D eigenvalue weighted by Gasteiger charge is 2.50. The van der Waals surface area contributed by atoms with Crippen LogP contribution in [-0.4, -0.2) is 30.8 Å². The minimum atomic E-state index is -2.62. The fourth-order valence-corrected chi connectivity index (χ4v) is 9.39. The molecule has 0 aliphatic heterocycles. The number of nitrogens with zero attached hydrogens (tertiary/aromatic N) is 1. The smallest absolute Gasteiger partial charge is 0.261 e. The Morgan fingerprint density at radius 3 is 2.00 bits per heavy atom. The molecular weight excluding hydrogens is 418 g/mol. The lowest BCUT2D eigenvalue weighted by atomic mass is 10.1. The SMILES string of the molecule is CC(=O)SCC(CO[Si](c1ccccc1)(c1ccccc1)C(C)(C)C)c1cccnc1. The van der Waals surface area contributed by atoms with Crippen molar-refractivity contribution in [2.75, 3.05) is 12.4 Å². The average Bonchev–Trinajstić information content (AvgIpc) is 2.77. The van der Waals surface area contributed by atoms with Gasteiger partial charge in [-0.3, -0.25) is 9.78 Å². The van der Waals surface area contributed by atoms with Crippen molar-refractivity contribution < 1.29 is 9.22 Å². The van der Waals surface area contributed by atoms with Crippen LogP contribution in [-0.2, 0) is 9.22 Å². The largest absolute Gasteiger partial charge is 0.407 e. The lowest BCUT2D eigenvalue weighted by molar-refractivity contribution is -0.109. The molecule has 0 N–H and O–H groups in total. The van der Waals surface area contributed by atoms with Gasteiger partial charge in [0.05, 0.1) is 0 Å². The number of thioether (sulfide) groups is 1. The topological polar surface area (TPSA) is 39.2 Å². The molecule has 31 heavy (non-hydrogen) atoms. The molecule has 3 nitrogen and oxygen atoms in total. The summed E-state index contributed by atoms with van der Waals surface area (Å²) in [6, 6.07) is 25.3. The van der Waals surface area contributed by atoms with E-state index in [9.17, 15) is 4.79 Å². The average molecular weight is 450 g/mol. The molecule has 0 aliphatic rings. The zero-order chi connectivity index (χ0) is 22.3. The summed E-state index contributed by atoms with van der Waals surface area (Å²) < 4.78 is 7.10. The summed E-state index contributed by atoms with van der Waals surface area (Å²) in [6.07, 6.45) is 3.67. The first-order valence-electron chi connectivity index (χ1n) is 10.6. The monoisotopic (exact) mass is 449 g/mol. The van der Waals surface area contributed by atoms with Gasteiger partial charge < -0.3 is 4.43 Å². The molecule has 1 atom stereocenters. The summed E-state index contributed by atoms with van der Waals surface area (Å²) in [5.74, 6) is 0.767. The van der Waals surface area contributed by atoms with E-state index in [-0.39, 0.29) is 16.1 Å². The van der Waals surface area contributed by atoms with Crippen molar-refractivity contribution in [1.29, 1.82) is 0 Å². The molecule has 162 valence electrons. The maximum absolute atomic E-state index is 11.7. The molecule has 3 aromatic rings. The summed E-state index contributed by atoms with van der Waals surface area (Å²) in [7, 11) is -2.62. The van der Waals surface area contributed by atoms with E-state index in [1.54, 1.807) is 13.1 Å². The van der Waals surface area contributed by atoms with Crippen molar-refractivity contribution in [3.8, 4) is 0 Å². The number of rotatable bonds is 8. The van der Waals surface area contributed by atoms with E-state index in [1.807, 2.05) is 12.3 Å². The van der Waals surface area contributed by atoms with Gasteiger partial charge in [0.1, 0.15) is 0 Å². The van der Waals surface area contributed by atoms with Crippen LogP contribution in [0.3, 0.4) is 0 Å². The Hall–Kier alpha value is -2.21. The summed E-state index contributed by atoms with van der Waals surface area (Å²) in [5, 5.41) is 2.57. The zero-order valence-electron chi connectivity index (χ0n) is 18.7. The molecule has 0 saturated carbocycles. The van der Waals surface area contributed by atoms with E-state index in [2.05, 4.69) is 92.5 Å². The van der Waals surface area contributed by atoms with Crippen molar-refractivity contribution in [3.05, 3.63) is 90.8 Å². The van der Waals surface area contributed by atoms with Crippen LogP contribution in [0, 0.1) is 0 Å². The molecule has 1 heterocycles. The van der Waals surface area contributed by atoms with Gasteiger partial charge in [-0.15, -0.1) is 0 Å². The van der Waals surface area contributed by atoms with Crippen molar-refractivity contribution in [3.63, 3.8) is 0 Å². The number of hydrogen-bond donors (Lipinski definition) is 0. The molecule has 0 radical (unpaired) electrons. The van der Waals surface area contributed by atoms with E-state index >= 15 is 0 Å². The molecule has 0 aliphatic carbocycles. The zero-order valence-corrected chi connectivity index (χ0v) is 20.6. The van der Waals surface area contributed by atoms with E-state index < -0.39 is 8.32 Å². The van der Waals surface area contributed by atoms with Crippen LogP contribution in [0.4, 0.5) is 0 Å². The van der Waals surface area contributed by atoms with Gasteiger partial charge in [-0.2, -0.15) is 0 Å². The first-order chi connectivity index (χ1) is 14.8. The highest BCUT2D eigenvalue weighted by molar-refractivity contribution is 8.13. The van der Waals surface area contributed by atoms with Gasteiger partial charge in [0, 0.05) is 37.6 Å². The molecule has 2 aromatic carbocycles. The molecule has 0 amide bonds. The van der Waals surface area contributed by atoms with Gasteiger partial charge in [-0.1, -0.05) is 99.3 Å². The van der Waals surface area contributed by atoms with Gasteiger partial charge in [0.25, 0.3) is 8.32 Å². The van der Waals surface area contributed by atoms with Crippen LogP contribution in [0.15, 0.2) is 85.2 Å². The highest BCUT2D eigenvalue weighted by Crippen LogP contribution is 2.37. The van der Waals surface area contributed by atoms with E-state index in [4.69, 9.17) is 4.43 Å². The third-order valence-electron chi connectivity index (χ3n) is 5.56. The maximum atomic E-state index is 11.7. The predicted molar refractivity (Wildman–Crippen MR) is 134 cm³/mol. The fraction of sp³-hybridized carbons (Fsp3) is 0.308. The normalized spacial score (nSPS) is 13.0. The first-order valence-corrected chi connectivity index (χ1v) is 13.5. The number of carbonyl (C=O) groups is 1. The lowest BCUT2D eigenvalue weighted by Gasteiger charge is -2.43. The molecule has 1 aromatic heterocycles. The summed E-state index contributed by atoms with van der Waals surface area (Å²) >= 11 is 1.35. The van der Waals surface area contributed by atoms with E-state index in [0.717, 1.165) is 5.56 Å². The molecular formula is C26H31NO2SSi. The first kappa shape index (κ1) is 23.5. The number of hydrogen-bond acceptors (Lipinski definition) is 4. The molecule has 5 heteroatoms. The van der Waals surface area contributed by atoms with Gasteiger partial charge in [0.2, 0.25) is 0 Å². The van der Waals surface area contributed by atoms with Crippen molar-refractivity contribution >= 4 is 35.6 Å². The van der Waals surface area contributed by atoms with Crippen LogP contribution in [0.1, 0.15) is 39.2 Å². The Kier molecular flexibility index (Phi) is 7.87. The van der Waals surface area contributed by atoms with Gasteiger partial charge in [-0.25, -0.2) is 0 Å². The summed E-state index contributed by atoms with van der Waals surface area (Å²) in [5.41, 5.74) is 1.11. The molecule has 0 bridgehead atoms. The maximum Gasteiger partial charge on any atom is 0.261 e. The third kappa shape index (κ3) is 5.53. The van der Waals surface area contributed by atoms with Crippen LogP contribution in [0.25, 0.3) is 0 Å². The molecule has 1 unspecified atom stereocenters. The van der Waals surface area contributed by atoms with Crippen molar-refractivity contribution in [1.82, 2.24) is 4.98 Å². The Morgan fingerprint density at radius 1 is 0.968 bits per heavy atom. The summed E-state index contributed by atoms with van der Waals surface area (Å²) in [6.45, 7) is 9.00. The second-order valence-corrected chi connectivity index (χ2v) is 14.3. The van der Waals surface area contributed by atoms with Gasteiger partial charge >= 0.3 is 0 Å². The number of carbonyl (C=O) groups excluding carboxylic acids is 1. The molecule has 0 spiro atoms. The van der Waals surface area contributed by atoms with Crippen LogP contribution in [0.2, 0.25) is 5.04 Å². The minimum absolute atomic E-state index is 0.0804. The Labute approximate surface area is 191 Å². The van der Waals surface area contributed by atoms with Crippen LogP contribution in [0.5, 0.6) is 0 Å². The molecule has 3 rings (SSSR count). The Bertz CT molecular complexity index is 919. The predicted octanol–water partition coefficient (Wildman–Crippen LogP) is 5.02. The standard InChI is InChI=1S/C26H31NO2SSi/c1-21(28)30-20-23(22-12-11-17-27-18-22)19-29-31(26(2,3)4,24-13-7-5-8-14-24)25-15-9-6-10-16-25/h5-18,23H,19-20H2,1-4H3. The minimum Gasteiger partial charge on any atom is -0.407 e. The number of pyridine rings is 1. The Balaban J connectivity index is 2.04.